The third kappa shape index (κ3) is 4.74. The van der Waals surface area contributed by atoms with Gasteiger partial charge in [0.2, 0.25) is 5.91 Å². The molecule has 0 heterocycles. The first-order valence-electron chi connectivity index (χ1n) is 2.87. The Kier molecular flexibility index (Phi) is 4.80. The van der Waals surface area contributed by atoms with Gasteiger partial charge in [-0.25, -0.2) is 4.34 Å². The maximum atomic E-state index is 10.8. The second-order valence-electron chi connectivity index (χ2n) is 1.95. The molecule has 0 bridgehead atoms. The topological polar surface area (TPSA) is 69.6 Å². The minimum Gasteiger partial charge on any atom is -0.480 e. The predicted octanol–water partition coefficient (Wildman–Crippen LogP) is -0.571. The van der Waals surface area contributed by atoms with Crippen LogP contribution in [0.4, 0.5) is 0 Å². The fourth-order valence-electron chi connectivity index (χ4n) is 0.483. The van der Waals surface area contributed by atoms with Gasteiger partial charge in [-0.05, 0) is 0 Å². The highest BCUT2D eigenvalue weighted by molar-refractivity contribution is 9.08. The van der Waals surface area contributed by atoms with E-state index in [2.05, 4.69) is 20.5 Å². The molecule has 2 N–H and O–H groups in total. The predicted molar refractivity (Wildman–Crippen MR) is 42.2 cm³/mol. The largest absolute Gasteiger partial charge is 0.480 e. The van der Waals surface area contributed by atoms with Crippen molar-refractivity contribution in [1.82, 2.24) is 9.24 Å². The van der Waals surface area contributed by atoms with Gasteiger partial charge in [-0.2, -0.15) is 0 Å². The van der Waals surface area contributed by atoms with Crippen LogP contribution in [0.25, 0.3) is 0 Å². The average molecular weight is 225 g/mol. The molecule has 0 aromatic carbocycles. The van der Waals surface area contributed by atoms with Crippen molar-refractivity contribution in [2.75, 3.05) is 20.1 Å². The third-order valence-electron chi connectivity index (χ3n) is 1.02. The lowest BCUT2D eigenvalue weighted by Crippen LogP contribution is -2.36. The molecule has 0 aliphatic rings. The van der Waals surface area contributed by atoms with E-state index >= 15 is 0 Å². The van der Waals surface area contributed by atoms with Gasteiger partial charge < -0.3 is 10.0 Å². The van der Waals surface area contributed by atoms with E-state index in [-0.39, 0.29) is 19.0 Å². The van der Waals surface area contributed by atoms with Gasteiger partial charge in [-0.1, -0.05) is 0 Å². The molecule has 0 aliphatic heterocycles. The number of amides is 1. The molecule has 0 atom stereocenters. The summed E-state index contributed by atoms with van der Waals surface area (Å²) in [5.74, 6) is -1.29. The van der Waals surface area contributed by atoms with Crippen molar-refractivity contribution < 1.29 is 14.7 Å². The molecule has 0 aliphatic carbocycles. The van der Waals surface area contributed by atoms with Gasteiger partial charge in [-0.15, -0.1) is 0 Å². The summed E-state index contributed by atoms with van der Waals surface area (Å²) in [6.07, 6.45) is 0. The number of likely N-dealkylation sites (N-methyl/N-ethyl adjacent to an activating group) is 1. The number of hydrogen-bond donors (Lipinski definition) is 2. The zero-order valence-corrected chi connectivity index (χ0v) is 7.59. The van der Waals surface area contributed by atoms with Crippen LogP contribution in [0.3, 0.4) is 0 Å². The molecule has 0 radical (unpaired) electrons. The fraction of sp³-hybridized carbons (Fsp3) is 0.600. The van der Waals surface area contributed by atoms with Gasteiger partial charge in [0.25, 0.3) is 0 Å². The molecule has 0 fully saturated rings. The van der Waals surface area contributed by atoms with Crippen molar-refractivity contribution in [3.8, 4) is 0 Å². The van der Waals surface area contributed by atoms with Crippen LogP contribution in [0, 0.1) is 0 Å². The minimum absolute atomic E-state index is 0.0871. The van der Waals surface area contributed by atoms with Crippen LogP contribution < -0.4 is 4.34 Å². The minimum atomic E-state index is -1.02. The number of aliphatic carboxylic acids is 1. The van der Waals surface area contributed by atoms with E-state index in [1.54, 1.807) is 0 Å². The lowest BCUT2D eigenvalue weighted by molar-refractivity contribution is -0.143. The summed E-state index contributed by atoms with van der Waals surface area (Å²) in [4.78, 5) is 22.1. The molecule has 0 spiro atoms. The summed E-state index contributed by atoms with van der Waals surface area (Å²) in [6, 6.07) is 0. The highest BCUT2D eigenvalue weighted by Gasteiger charge is 2.10. The molecule has 0 rings (SSSR count). The smallest absolute Gasteiger partial charge is 0.323 e. The highest BCUT2D eigenvalue weighted by atomic mass is 79.9. The van der Waals surface area contributed by atoms with E-state index in [0.29, 0.717) is 0 Å². The van der Waals surface area contributed by atoms with Crippen molar-refractivity contribution in [3.05, 3.63) is 0 Å². The van der Waals surface area contributed by atoms with Gasteiger partial charge in [0, 0.05) is 23.2 Å². The van der Waals surface area contributed by atoms with Gasteiger partial charge in [-0.3, -0.25) is 9.59 Å². The quantitative estimate of drug-likeness (QED) is 0.628. The van der Waals surface area contributed by atoms with Crippen LogP contribution in [0.2, 0.25) is 0 Å². The summed E-state index contributed by atoms with van der Waals surface area (Å²) < 4.78 is 2.45. The second-order valence-corrected chi connectivity index (χ2v) is 2.51. The standard InChI is InChI=1S/C5H9BrN2O3/c1-8(3-5(10)11)4(9)2-7-6/h7H,2-3H2,1H3,(H,10,11). The molecular weight excluding hydrogens is 216 g/mol. The van der Waals surface area contributed by atoms with Gasteiger partial charge in [0.05, 0.1) is 6.54 Å². The van der Waals surface area contributed by atoms with Crippen LogP contribution in [-0.4, -0.2) is 42.0 Å². The molecule has 0 saturated carbocycles. The Balaban J connectivity index is 3.73. The number of carboxylic acid groups (broad SMARTS) is 1. The van der Waals surface area contributed by atoms with Gasteiger partial charge in [0.1, 0.15) is 6.54 Å². The normalized spacial score (nSPS) is 9.27. The summed E-state index contributed by atoms with van der Waals surface area (Å²) >= 11 is 2.84. The number of carboxylic acids is 1. The average Bonchev–Trinajstić information content (AvgIpc) is 1.86. The van der Waals surface area contributed by atoms with Crippen LogP contribution in [0.15, 0.2) is 0 Å². The van der Waals surface area contributed by atoms with E-state index in [1.165, 1.54) is 7.05 Å². The monoisotopic (exact) mass is 224 g/mol. The zero-order chi connectivity index (χ0) is 8.85. The summed E-state index contributed by atoms with van der Waals surface area (Å²) in [7, 11) is 1.43. The first-order valence-corrected chi connectivity index (χ1v) is 3.66. The van der Waals surface area contributed by atoms with Crippen LogP contribution in [0.5, 0.6) is 0 Å². The van der Waals surface area contributed by atoms with E-state index < -0.39 is 5.97 Å². The molecule has 64 valence electrons. The Morgan fingerprint density at radius 1 is 1.64 bits per heavy atom. The Bertz CT molecular complexity index is 162. The maximum absolute atomic E-state index is 10.8. The number of nitrogens with one attached hydrogen (secondary N) is 1. The van der Waals surface area contributed by atoms with Gasteiger partial charge in [0.15, 0.2) is 0 Å². The number of hydrogen-bond acceptors (Lipinski definition) is 3. The Hall–Kier alpha value is -0.620. The maximum Gasteiger partial charge on any atom is 0.323 e. The van der Waals surface area contributed by atoms with Crippen LogP contribution in [0.1, 0.15) is 0 Å². The van der Waals surface area contributed by atoms with Crippen LogP contribution in [-0.2, 0) is 9.59 Å². The molecule has 0 aromatic rings. The van der Waals surface area contributed by atoms with Crippen molar-refractivity contribution in [2.45, 2.75) is 0 Å². The zero-order valence-electron chi connectivity index (χ0n) is 6.00. The second kappa shape index (κ2) is 5.09. The SMILES string of the molecule is CN(CC(=O)O)C(=O)CNBr. The number of rotatable bonds is 4. The molecule has 0 saturated heterocycles. The Labute approximate surface area is 72.7 Å². The molecule has 1 amide bonds. The summed E-state index contributed by atoms with van der Waals surface area (Å²) in [5, 5.41) is 8.27. The number of halogens is 1. The first kappa shape index (κ1) is 10.4. The number of nitrogens with zero attached hydrogens (tertiary/aromatic N) is 1. The molecule has 0 unspecified atom stereocenters. The molecule has 0 aromatic heterocycles. The van der Waals surface area contributed by atoms with Crippen LogP contribution >= 0.6 is 16.1 Å². The summed E-state index contributed by atoms with van der Waals surface area (Å²) in [6.45, 7) is -0.183. The molecule has 5 nitrogen and oxygen atoms in total. The highest BCUT2D eigenvalue weighted by Crippen LogP contribution is 1.83. The van der Waals surface area contributed by atoms with Crippen molar-refractivity contribution in [1.29, 1.82) is 0 Å². The molecule has 6 heteroatoms. The number of carbonyl (C=O) groups is 2. The number of carbonyl (C=O) groups excluding carboxylic acids is 1. The molecular formula is C5H9BrN2O3. The van der Waals surface area contributed by atoms with E-state index in [0.717, 1.165) is 4.90 Å². The fourth-order valence-corrected chi connectivity index (χ4v) is 0.723. The van der Waals surface area contributed by atoms with E-state index in [1.807, 2.05) is 0 Å². The Morgan fingerprint density at radius 3 is 2.55 bits per heavy atom. The van der Waals surface area contributed by atoms with Crippen molar-refractivity contribution in [3.63, 3.8) is 0 Å². The van der Waals surface area contributed by atoms with Crippen molar-refractivity contribution >= 4 is 28.0 Å². The molecule has 11 heavy (non-hydrogen) atoms. The van der Waals surface area contributed by atoms with Crippen molar-refractivity contribution in [2.24, 2.45) is 0 Å². The van der Waals surface area contributed by atoms with Gasteiger partial charge >= 0.3 is 5.97 Å². The lowest BCUT2D eigenvalue weighted by atomic mass is 10.5. The van der Waals surface area contributed by atoms with E-state index in [4.69, 9.17) is 5.11 Å². The third-order valence-corrected chi connectivity index (χ3v) is 1.30. The lowest BCUT2D eigenvalue weighted by Gasteiger charge is -2.12. The van der Waals surface area contributed by atoms with E-state index in [9.17, 15) is 9.59 Å². The first-order chi connectivity index (χ1) is 5.07. The summed E-state index contributed by atoms with van der Waals surface area (Å²) in [5.41, 5.74) is 0. The Morgan fingerprint density at radius 2 is 2.18 bits per heavy atom.